The van der Waals surface area contributed by atoms with Gasteiger partial charge in [0.1, 0.15) is 17.0 Å². The van der Waals surface area contributed by atoms with Crippen LogP contribution in [0.3, 0.4) is 0 Å². The maximum atomic E-state index is 13.4. The van der Waals surface area contributed by atoms with Crippen molar-refractivity contribution < 1.29 is 50.6 Å². The fraction of sp³-hybridized carbons (Fsp3) is 0.205. The molecule has 2 aliphatic rings. The van der Waals surface area contributed by atoms with E-state index >= 15 is 0 Å². The molecule has 0 aliphatic carbocycles. The number of fused-ring (bicyclic) bond motifs is 2. The predicted molar refractivity (Wildman–Crippen MR) is 540 cm³/mol. The topological polar surface area (TPSA) is 394 Å². The maximum Gasteiger partial charge on any atom is 0.410 e. The zero-order valence-electron chi connectivity index (χ0n) is 80.3. The van der Waals surface area contributed by atoms with Gasteiger partial charge in [0.25, 0.3) is 35.3 Å². The van der Waals surface area contributed by atoms with Gasteiger partial charge in [0.05, 0.1) is 17.7 Å². The molecule has 20 aromatic rings. The highest BCUT2D eigenvalue weighted by atomic mass is 19.1. The minimum absolute atomic E-state index is 0.0118. The Balaban J connectivity index is 0.000000119. The van der Waals surface area contributed by atoms with Crippen molar-refractivity contribution in [2.24, 2.45) is 5.92 Å². The summed E-state index contributed by atoms with van der Waals surface area (Å²) in [4.78, 5) is 79.1. The number of carbonyl (C=O) groups is 2. The summed E-state index contributed by atoms with van der Waals surface area (Å²) >= 11 is 0. The molecule has 720 valence electrons. The molecule has 8 aromatic carbocycles. The van der Waals surface area contributed by atoms with E-state index in [1.165, 1.54) is 35.1 Å². The number of halogens is 1. The summed E-state index contributed by atoms with van der Waals surface area (Å²) in [6, 6.07) is 80.8. The van der Waals surface area contributed by atoms with E-state index in [0.717, 1.165) is 128 Å². The largest absolute Gasteiger partial charge is 0.444 e. The highest BCUT2D eigenvalue weighted by Crippen LogP contribution is 2.38. The van der Waals surface area contributed by atoms with Gasteiger partial charge >= 0.3 is 12.2 Å². The lowest BCUT2D eigenvalue weighted by Crippen LogP contribution is -2.41. The van der Waals surface area contributed by atoms with Gasteiger partial charge in [-0.25, -0.2) is 14.0 Å². The van der Waals surface area contributed by atoms with Gasteiger partial charge < -0.3 is 46.4 Å². The number of ether oxygens (including phenoxy) is 2. The molecule has 1 atom stereocenters. The minimum atomic E-state index is -0.525. The molecule has 12 aromatic heterocycles. The smallest absolute Gasteiger partial charge is 0.410 e. The Labute approximate surface area is 828 Å². The molecule has 0 radical (unpaired) electrons. The molecule has 32 heteroatoms. The summed E-state index contributed by atoms with van der Waals surface area (Å²) in [6.07, 6.45) is 26.9. The van der Waals surface area contributed by atoms with E-state index in [0.29, 0.717) is 101 Å². The van der Waals surface area contributed by atoms with Crippen LogP contribution in [0.25, 0.3) is 159 Å². The molecule has 2 aliphatic heterocycles. The number of benzene rings is 8. The van der Waals surface area contributed by atoms with E-state index in [9.17, 15) is 14.0 Å². The molecule has 0 spiro atoms. The lowest BCUT2D eigenvalue weighted by molar-refractivity contribution is 0.00940. The first kappa shape index (κ1) is 97.6. The van der Waals surface area contributed by atoms with Crippen molar-refractivity contribution >= 4 is 33.7 Å². The van der Waals surface area contributed by atoms with E-state index in [2.05, 4.69) is 171 Å². The summed E-state index contributed by atoms with van der Waals surface area (Å²) in [5.74, 6) is 6.45. The summed E-state index contributed by atoms with van der Waals surface area (Å²) in [7, 11) is 0. The Morgan fingerprint density at radius 1 is 0.375 bits per heavy atom. The van der Waals surface area contributed by atoms with Crippen LogP contribution in [-0.2, 0) is 15.9 Å². The van der Waals surface area contributed by atoms with Crippen molar-refractivity contribution in [1.29, 1.82) is 5.26 Å². The van der Waals surface area contributed by atoms with Crippen LogP contribution in [0, 0.1) is 23.1 Å². The maximum absolute atomic E-state index is 13.4. The number of hydrogen-bond acceptors (Lipinski definition) is 29. The number of nitrogens with zero attached hydrogens (tertiary/aromatic N) is 21. The Hall–Kier alpha value is -18.0. The third-order valence-electron chi connectivity index (χ3n) is 23.1. The SMILES string of the molecule is CC(C)(C)OC(=O)N1CCC(c2cccc(-c3nc(-c4ccncc4)no3)c2)CC1.CC(C)(C)OC(=O)N1CCCCC1c1ccc(-c2nc(-c3ccncc3)no2)cc1.CC(C)CCc1cccc(-c2nc(-c3ccncc3)no2)c1.N#Cc1cc(F)cc(-c2nc(-c3ccncc3)no2)c1.c1ccc2c(-c3nc(-c4ccncc4)no3)cccc2c1.c1ccc2cc(-c3nc(-c4ccncc4)no3)ccc2c1. The number of amides is 2. The van der Waals surface area contributed by atoms with E-state index in [-0.39, 0.29) is 29.7 Å². The van der Waals surface area contributed by atoms with Crippen molar-refractivity contribution in [3.63, 3.8) is 0 Å². The molecular weight excluding hydrogens is 1820 g/mol. The van der Waals surface area contributed by atoms with Crippen LogP contribution in [0.15, 0.2) is 350 Å². The molecule has 22 rings (SSSR count). The van der Waals surface area contributed by atoms with E-state index in [1.54, 1.807) is 91.4 Å². The molecule has 14 heterocycles. The third-order valence-corrected chi connectivity index (χ3v) is 23.1. The first-order valence-electron chi connectivity index (χ1n) is 47.0. The van der Waals surface area contributed by atoms with E-state index in [1.807, 2.05) is 204 Å². The van der Waals surface area contributed by atoms with Crippen LogP contribution < -0.4 is 0 Å². The molecular formula is C112H100FN21O10. The number of nitriles is 1. The lowest BCUT2D eigenvalue weighted by Gasteiger charge is -2.37. The van der Waals surface area contributed by atoms with Crippen LogP contribution in [0.4, 0.5) is 14.0 Å². The number of carbonyl (C=O) groups excluding carboxylic acids is 2. The van der Waals surface area contributed by atoms with Gasteiger partial charge in [-0.05, 0) is 282 Å². The highest BCUT2D eigenvalue weighted by Gasteiger charge is 2.33. The Morgan fingerprint density at radius 3 is 1.26 bits per heavy atom. The summed E-state index contributed by atoms with van der Waals surface area (Å²) in [5, 5.41) is 37.5. The van der Waals surface area contributed by atoms with Crippen LogP contribution in [-0.4, -0.2) is 144 Å². The molecule has 0 saturated carbocycles. The zero-order valence-corrected chi connectivity index (χ0v) is 80.3. The Bertz CT molecular complexity index is 7640. The van der Waals surface area contributed by atoms with Crippen LogP contribution in [0.5, 0.6) is 0 Å². The summed E-state index contributed by atoms with van der Waals surface area (Å²) in [6.45, 7) is 17.9. The Morgan fingerprint density at radius 2 is 0.778 bits per heavy atom. The fourth-order valence-electron chi connectivity index (χ4n) is 15.9. The second-order valence-corrected chi connectivity index (χ2v) is 36.2. The summed E-state index contributed by atoms with van der Waals surface area (Å²) < 4.78 is 56.7. The third kappa shape index (κ3) is 25.9. The Kier molecular flexibility index (Phi) is 31.3. The minimum Gasteiger partial charge on any atom is -0.444 e. The van der Waals surface area contributed by atoms with Crippen LogP contribution in [0.2, 0.25) is 0 Å². The average Bonchev–Trinajstić information content (AvgIpc) is 1.53. The lowest BCUT2D eigenvalue weighted by atomic mass is 9.88. The quantitative estimate of drug-likeness (QED) is 0.0817. The first-order valence-corrected chi connectivity index (χ1v) is 47.0. The second-order valence-electron chi connectivity index (χ2n) is 36.2. The number of pyridine rings is 6. The van der Waals surface area contributed by atoms with Crippen molar-refractivity contribution in [3.05, 3.63) is 351 Å². The first-order chi connectivity index (χ1) is 70.1. The fourth-order valence-corrected chi connectivity index (χ4v) is 15.9. The van der Waals surface area contributed by atoms with Gasteiger partial charge in [0, 0.05) is 161 Å². The summed E-state index contributed by atoms with van der Waals surface area (Å²) in [5.41, 5.74) is 12.9. The van der Waals surface area contributed by atoms with E-state index in [4.69, 9.17) is 41.9 Å². The number of hydrogen-bond donors (Lipinski definition) is 0. The number of likely N-dealkylation sites (tertiary alicyclic amines) is 2. The highest BCUT2D eigenvalue weighted by molar-refractivity contribution is 5.95. The number of aromatic nitrogens is 18. The van der Waals surface area contributed by atoms with Gasteiger partial charge in [0.2, 0.25) is 34.9 Å². The second kappa shape index (κ2) is 46.2. The average molecular weight is 1920 g/mol. The van der Waals surface area contributed by atoms with Crippen LogP contribution in [0.1, 0.15) is 128 Å². The molecule has 2 amide bonds. The molecule has 1 unspecified atom stereocenters. The number of piperidine rings is 2. The molecule has 2 saturated heterocycles. The number of aryl methyl sites for hydroxylation is 1. The number of rotatable bonds is 17. The van der Waals surface area contributed by atoms with E-state index < -0.39 is 17.0 Å². The van der Waals surface area contributed by atoms with Crippen molar-refractivity contribution in [2.75, 3.05) is 19.6 Å². The molecule has 31 nitrogen and oxygen atoms in total. The standard InChI is InChI=1S/2C23H26N4O3.C18H19N3O.2C17H11N3O.C14H7FN4O/c1-23(2,3)29-22(28)27-13-9-16(10-14-27)18-5-4-6-19(15-18)21-25-20(26-30-21)17-7-11-24-12-8-17;1-23(2,3)29-22(28)27-15-5-4-6-19(27)16-7-9-18(10-8-16)21-25-20(26-30-21)17-11-13-24-14-12-17;1-13(2)6-7-14-4-3-5-16(12-14)18-20-17(21-22-18)15-8-10-19-11-9-15;1-2-6-14-12(4-1)5-3-7-15(14)17-19-16(20-21-17)13-8-10-18-11-9-13;1-2-4-14-11-15(6-5-12(14)3-1)17-19-16(20-21-17)13-7-9-18-10-8-13;15-12-6-9(8-16)5-11(7-12)14-18-13(19-20-14)10-1-3-17-4-2-10/h4-8,11-12,15-16H,9-10,13-14H2,1-3H3;7-14,19H,4-6,15H2,1-3H3;3-5,8-13H,6-7H2,1-2H3;2*1-11H;1-7H. The normalized spacial score (nSPS) is 13.0. The predicted octanol–water partition coefficient (Wildman–Crippen LogP) is 25.3. The zero-order chi connectivity index (χ0) is 99.7. The van der Waals surface area contributed by atoms with Gasteiger partial charge in [-0.15, -0.1) is 0 Å². The van der Waals surface area contributed by atoms with Crippen molar-refractivity contribution in [3.8, 4) is 143 Å². The van der Waals surface area contributed by atoms with Crippen molar-refractivity contribution in [2.45, 2.75) is 123 Å². The molecule has 2 fully saturated rings. The van der Waals surface area contributed by atoms with Gasteiger partial charge in [-0.2, -0.15) is 35.2 Å². The van der Waals surface area contributed by atoms with Crippen LogP contribution >= 0.6 is 0 Å². The molecule has 144 heavy (non-hydrogen) atoms. The van der Waals surface area contributed by atoms with Gasteiger partial charge in [-0.1, -0.05) is 148 Å². The molecule has 0 N–H and O–H groups in total. The van der Waals surface area contributed by atoms with Crippen molar-refractivity contribution in [1.82, 2.24) is 101 Å². The van der Waals surface area contributed by atoms with Gasteiger partial charge in [0.15, 0.2) is 0 Å². The molecule has 0 bridgehead atoms. The van der Waals surface area contributed by atoms with Gasteiger partial charge in [-0.3, -0.25) is 29.9 Å². The monoisotopic (exact) mass is 1920 g/mol.